The summed E-state index contributed by atoms with van der Waals surface area (Å²) in [5.74, 6) is 1.46. The molecule has 0 fully saturated rings. The van der Waals surface area contributed by atoms with Gasteiger partial charge in [0.2, 0.25) is 5.91 Å². The van der Waals surface area contributed by atoms with Crippen molar-refractivity contribution in [2.24, 2.45) is 0 Å². The van der Waals surface area contributed by atoms with E-state index in [1.165, 1.54) is 0 Å². The van der Waals surface area contributed by atoms with E-state index in [1.54, 1.807) is 6.92 Å². The zero-order valence-electron chi connectivity index (χ0n) is 14.6. The van der Waals surface area contributed by atoms with E-state index in [9.17, 15) is 4.79 Å². The van der Waals surface area contributed by atoms with E-state index >= 15 is 0 Å². The average molecular weight is 366 g/mol. The van der Waals surface area contributed by atoms with E-state index < -0.39 is 0 Å². The van der Waals surface area contributed by atoms with Gasteiger partial charge in [-0.1, -0.05) is 54.6 Å². The second-order valence-corrected chi connectivity index (χ2v) is 6.92. The van der Waals surface area contributed by atoms with E-state index in [2.05, 4.69) is 12.1 Å². The van der Waals surface area contributed by atoms with Crippen LogP contribution in [0.25, 0.3) is 10.8 Å². The summed E-state index contributed by atoms with van der Waals surface area (Å²) in [4.78, 5) is 13.9. The Balaban J connectivity index is 1.81. The number of alkyl halides is 1. The maximum Gasteiger partial charge on any atom is 0.223 e. The fourth-order valence-electron chi connectivity index (χ4n) is 3.69. The van der Waals surface area contributed by atoms with Gasteiger partial charge in [0.05, 0.1) is 5.69 Å². The van der Waals surface area contributed by atoms with Gasteiger partial charge in [-0.25, -0.2) is 0 Å². The summed E-state index contributed by atoms with van der Waals surface area (Å²) >= 11 is 6.22. The molecule has 132 valence electrons. The predicted octanol–water partition coefficient (Wildman–Crippen LogP) is 5.11. The summed E-state index contributed by atoms with van der Waals surface area (Å²) in [6.07, 6.45) is 0. The molecule has 26 heavy (non-hydrogen) atoms. The van der Waals surface area contributed by atoms with Crippen LogP contribution in [0.15, 0.2) is 60.7 Å². The zero-order valence-corrected chi connectivity index (χ0v) is 15.4. The first-order chi connectivity index (χ1) is 12.7. The van der Waals surface area contributed by atoms with Crippen LogP contribution in [0.3, 0.4) is 0 Å². The van der Waals surface area contributed by atoms with Gasteiger partial charge in [-0.3, -0.25) is 4.79 Å². The molecule has 0 aromatic heterocycles. The minimum absolute atomic E-state index is 0.0307. The molecule has 1 atom stereocenters. The highest BCUT2D eigenvalue weighted by Gasteiger charge is 2.33. The van der Waals surface area contributed by atoms with Crippen LogP contribution in [-0.2, 0) is 11.4 Å². The molecule has 4 rings (SSSR count). The Labute approximate surface area is 158 Å². The van der Waals surface area contributed by atoms with Crippen molar-refractivity contribution in [3.63, 3.8) is 0 Å². The normalized spacial score (nSPS) is 15.9. The van der Waals surface area contributed by atoms with Crippen LogP contribution in [-0.4, -0.2) is 18.3 Å². The van der Waals surface area contributed by atoms with Crippen molar-refractivity contribution in [3.8, 4) is 5.75 Å². The maximum absolute atomic E-state index is 12.1. The number of fused-ring (bicyclic) bond motifs is 3. The number of amides is 1. The number of carbonyl (C=O) groups excluding carboxylic acids is 1. The lowest BCUT2D eigenvalue weighted by molar-refractivity contribution is -0.116. The molecule has 0 spiro atoms. The minimum Gasteiger partial charge on any atom is -0.488 e. The van der Waals surface area contributed by atoms with Crippen molar-refractivity contribution in [2.45, 2.75) is 19.4 Å². The van der Waals surface area contributed by atoms with Crippen LogP contribution < -0.4 is 9.64 Å². The predicted molar refractivity (Wildman–Crippen MR) is 106 cm³/mol. The highest BCUT2D eigenvalue weighted by Crippen LogP contribution is 2.45. The average Bonchev–Trinajstić information content (AvgIpc) is 3.06. The van der Waals surface area contributed by atoms with Crippen molar-refractivity contribution in [1.82, 2.24) is 0 Å². The van der Waals surface area contributed by atoms with Gasteiger partial charge in [-0.2, -0.15) is 0 Å². The van der Waals surface area contributed by atoms with Gasteiger partial charge in [0, 0.05) is 36.7 Å². The van der Waals surface area contributed by atoms with Gasteiger partial charge >= 0.3 is 0 Å². The van der Waals surface area contributed by atoms with Gasteiger partial charge in [-0.15, -0.1) is 11.6 Å². The van der Waals surface area contributed by atoms with Crippen molar-refractivity contribution in [3.05, 3.63) is 71.8 Å². The van der Waals surface area contributed by atoms with Gasteiger partial charge < -0.3 is 9.64 Å². The summed E-state index contributed by atoms with van der Waals surface area (Å²) in [5, 5.41) is 2.17. The van der Waals surface area contributed by atoms with E-state index in [0.717, 1.165) is 33.3 Å². The number of anilines is 1. The van der Waals surface area contributed by atoms with Crippen LogP contribution in [0.4, 0.5) is 5.69 Å². The molecular formula is C22H20ClNO2. The molecule has 1 amide bonds. The molecule has 0 N–H and O–H groups in total. The molecule has 0 unspecified atom stereocenters. The molecule has 0 radical (unpaired) electrons. The number of halogens is 1. The van der Waals surface area contributed by atoms with Crippen molar-refractivity contribution in [1.29, 1.82) is 0 Å². The van der Waals surface area contributed by atoms with Crippen molar-refractivity contribution >= 4 is 34.0 Å². The standard InChI is InChI=1S/C22H20ClNO2/c1-15(25)24-13-17(12-23)22-19-10-6-5-9-18(19)21(11-20(22)24)26-14-16-7-3-2-4-8-16/h2-11,17H,12-14H2,1H3/t17-/m1/s1. The summed E-state index contributed by atoms with van der Waals surface area (Å²) in [6.45, 7) is 2.71. The van der Waals surface area contributed by atoms with Crippen LogP contribution in [0.1, 0.15) is 24.0 Å². The lowest BCUT2D eigenvalue weighted by atomic mass is 9.95. The van der Waals surface area contributed by atoms with Gasteiger partial charge in [0.1, 0.15) is 12.4 Å². The summed E-state index contributed by atoms with van der Waals surface area (Å²) in [5.41, 5.74) is 3.18. The SMILES string of the molecule is CC(=O)N1C[C@@H](CCl)c2c1cc(OCc1ccccc1)c1ccccc21. The van der Waals surface area contributed by atoms with Gasteiger partial charge in [-0.05, 0) is 16.5 Å². The Bertz CT molecular complexity index is 955. The third-order valence-electron chi connectivity index (χ3n) is 4.93. The third kappa shape index (κ3) is 2.93. The first-order valence-corrected chi connectivity index (χ1v) is 9.29. The summed E-state index contributed by atoms with van der Waals surface area (Å²) in [6, 6.07) is 20.3. The molecule has 3 aromatic carbocycles. The first-order valence-electron chi connectivity index (χ1n) is 8.75. The Kier molecular flexibility index (Phi) is 4.56. The number of benzene rings is 3. The van der Waals surface area contributed by atoms with Gasteiger partial charge in [0.25, 0.3) is 0 Å². The highest BCUT2D eigenvalue weighted by atomic mass is 35.5. The molecule has 0 saturated carbocycles. The van der Waals surface area contributed by atoms with Crippen LogP contribution >= 0.6 is 11.6 Å². The molecular weight excluding hydrogens is 346 g/mol. The van der Waals surface area contributed by atoms with E-state index in [4.69, 9.17) is 16.3 Å². The minimum atomic E-state index is 0.0307. The highest BCUT2D eigenvalue weighted by molar-refractivity contribution is 6.19. The van der Waals surface area contributed by atoms with Crippen LogP contribution in [0.2, 0.25) is 0 Å². The topological polar surface area (TPSA) is 29.5 Å². The number of nitrogens with zero attached hydrogens (tertiary/aromatic N) is 1. The van der Waals surface area contributed by atoms with Gasteiger partial charge in [0.15, 0.2) is 0 Å². The molecule has 4 heteroatoms. The molecule has 3 aromatic rings. The quantitative estimate of drug-likeness (QED) is 0.601. The maximum atomic E-state index is 12.1. The largest absolute Gasteiger partial charge is 0.488 e. The lowest BCUT2D eigenvalue weighted by Crippen LogP contribution is -2.27. The molecule has 0 saturated heterocycles. The molecule has 1 aliphatic heterocycles. The number of ether oxygens (including phenoxy) is 1. The fourth-order valence-corrected chi connectivity index (χ4v) is 3.94. The van der Waals surface area contributed by atoms with Crippen molar-refractivity contribution < 1.29 is 9.53 Å². The van der Waals surface area contributed by atoms with E-state index in [0.29, 0.717) is 19.0 Å². The Morgan fingerprint density at radius 1 is 1.12 bits per heavy atom. The smallest absolute Gasteiger partial charge is 0.223 e. The lowest BCUT2D eigenvalue weighted by Gasteiger charge is -2.18. The molecule has 3 nitrogen and oxygen atoms in total. The van der Waals surface area contributed by atoms with Crippen LogP contribution in [0, 0.1) is 0 Å². The molecule has 1 heterocycles. The first kappa shape index (κ1) is 16.9. The Morgan fingerprint density at radius 3 is 2.50 bits per heavy atom. The number of hydrogen-bond acceptors (Lipinski definition) is 2. The molecule has 1 aliphatic rings. The zero-order chi connectivity index (χ0) is 18.1. The van der Waals surface area contributed by atoms with E-state index in [1.807, 2.05) is 53.4 Å². The Hall–Kier alpha value is -2.52. The monoisotopic (exact) mass is 365 g/mol. The molecule has 0 aliphatic carbocycles. The Morgan fingerprint density at radius 2 is 1.81 bits per heavy atom. The second kappa shape index (κ2) is 7.00. The number of rotatable bonds is 4. The van der Waals surface area contributed by atoms with Crippen LogP contribution in [0.5, 0.6) is 5.75 Å². The molecule has 0 bridgehead atoms. The van der Waals surface area contributed by atoms with Crippen molar-refractivity contribution in [2.75, 3.05) is 17.3 Å². The third-order valence-corrected chi connectivity index (χ3v) is 5.30. The fraction of sp³-hybridized carbons (Fsp3) is 0.227. The summed E-state index contributed by atoms with van der Waals surface area (Å²) in [7, 11) is 0. The number of carbonyl (C=O) groups is 1. The summed E-state index contributed by atoms with van der Waals surface area (Å²) < 4.78 is 6.16. The van der Waals surface area contributed by atoms with E-state index in [-0.39, 0.29) is 11.8 Å². The second-order valence-electron chi connectivity index (χ2n) is 6.61. The number of hydrogen-bond donors (Lipinski definition) is 0.